The molecule has 1 rings (SSSR count). The Morgan fingerprint density at radius 2 is 1.70 bits per heavy atom. The van der Waals surface area contributed by atoms with Crippen molar-refractivity contribution in [3.05, 3.63) is 29.8 Å². The van der Waals surface area contributed by atoms with Crippen LogP contribution in [-0.2, 0) is 4.79 Å². The molecule has 0 spiro atoms. The second kappa shape index (κ2) is 9.74. The molecule has 0 bridgehead atoms. The summed E-state index contributed by atoms with van der Waals surface area (Å²) in [6.45, 7) is 0.583. The number of ether oxygens (including phenoxy) is 1. The Labute approximate surface area is 132 Å². The summed E-state index contributed by atoms with van der Waals surface area (Å²) in [5.41, 5.74) is 0.606. The van der Waals surface area contributed by atoms with Crippen molar-refractivity contribution >= 4 is 32.4 Å². The smallest absolute Gasteiger partial charge is 0.303 e. The van der Waals surface area contributed by atoms with E-state index in [1.54, 1.807) is 34.7 Å². The van der Waals surface area contributed by atoms with Gasteiger partial charge in [-0.1, -0.05) is 31.4 Å². The maximum absolute atomic E-state index is 11.4. The minimum Gasteiger partial charge on any atom is -0.493 e. The quantitative estimate of drug-likeness (QED) is 0.372. The Balaban J connectivity index is 2.15. The number of carboxylic acid groups (broad SMARTS) is 1. The summed E-state index contributed by atoms with van der Waals surface area (Å²) < 4.78 is 5.60. The molecular formula is C15H19IO4. The van der Waals surface area contributed by atoms with Crippen LogP contribution in [0.4, 0.5) is 0 Å². The fourth-order valence-electron chi connectivity index (χ4n) is 1.85. The van der Waals surface area contributed by atoms with Gasteiger partial charge in [0.1, 0.15) is 5.75 Å². The summed E-state index contributed by atoms with van der Waals surface area (Å²) in [7, 11) is 0. The molecule has 1 aromatic carbocycles. The summed E-state index contributed by atoms with van der Waals surface area (Å²) in [5, 5.41) is 8.50. The van der Waals surface area contributed by atoms with E-state index in [-0.39, 0.29) is 10.2 Å². The first kappa shape index (κ1) is 16.9. The second-order valence-corrected chi connectivity index (χ2v) is 5.51. The predicted molar refractivity (Wildman–Crippen MR) is 85.6 cm³/mol. The molecule has 0 heterocycles. The van der Waals surface area contributed by atoms with Crippen LogP contribution in [0.1, 0.15) is 48.9 Å². The van der Waals surface area contributed by atoms with Crippen molar-refractivity contribution in [2.45, 2.75) is 38.5 Å². The van der Waals surface area contributed by atoms with E-state index >= 15 is 0 Å². The van der Waals surface area contributed by atoms with Gasteiger partial charge in [-0.2, -0.15) is 0 Å². The number of aliphatic carboxylic acids is 1. The molecule has 0 aliphatic heterocycles. The molecule has 0 fully saturated rings. The van der Waals surface area contributed by atoms with Gasteiger partial charge in [-0.05, 0) is 25.0 Å². The van der Waals surface area contributed by atoms with Crippen LogP contribution in [-0.4, -0.2) is 21.5 Å². The zero-order chi connectivity index (χ0) is 14.8. The number of carbonyl (C=O) groups excluding carboxylic acids is 1. The van der Waals surface area contributed by atoms with E-state index < -0.39 is 5.97 Å². The first-order valence-electron chi connectivity index (χ1n) is 6.74. The summed E-state index contributed by atoms with van der Waals surface area (Å²) >= 11 is 1.76. The molecule has 110 valence electrons. The van der Waals surface area contributed by atoms with E-state index in [4.69, 9.17) is 9.84 Å². The second-order valence-electron chi connectivity index (χ2n) is 4.53. The van der Waals surface area contributed by atoms with Gasteiger partial charge in [0, 0.05) is 29.0 Å². The summed E-state index contributed by atoms with van der Waals surface area (Å²) in [6, 6.07) is 7.24. The van der Waals surface area contributed by atoms with Crippen LogP contribution in [0.15, 0.2) is 24.3 Å². The monoisotopic (exact) mass is 390 g/mol. The van der Waals surface area contributed by atoms with Crippen LogP contribution in [0.5, 0.6) is 5.75 Å². The highest BCUT2D eigenvalue weighted by Gasteiger charge is 2.08. The van der Waals surface area contributed by atoms with Gasteiger partial charge in [0.05, 0.1) is 12.2 Å². The largest absolute Gasteiger partial charge is 0.493 e. The third kappa shape index (κ3) is 6.88. The van der Waals surface area contributed by atoms with Gasteiger partial charge >= 0.3 is 5.97 Å². The Morgan fingerprint density at radius 1 is 1.05 bits per heavy atom. The lowest BCUT2D eigenvalue weighted by atomic mass is 10.1. The lowest BCUT2D eigenvalue weighted by Crippen LogP contribution is -2.01. The summed E-state index contributed by atoms with van der Waals surface area (Å²) in [4.78, 5) is 21.7. The van der Waals surface area contributed by atoms with Crippen molar-refractivity contribution in [3.63, 3.8) is 0 Å². The van der Waals surface area contributed by atoms with Crippen LogP contribution in [0.3, 0.4) is 0 Å². The maximum Gasteiger partial charge on any atom is 0.303 e. The lowest BCUT2D eigenvalue weighted by molar-refractivity contribution is -0.137. The SMILES string of the molecule is O=C(O)CCCCCCCOc1ccccc1C(=O)I. The Bertz CT molecular complexity index is 445. The highest BCUT2D eigenvalue weighted by Crippen LogP contribution is 2.21. The average molecular weight is 390 g/mol. The molecule has 0 aromatic heterocycles. The van der Waals surface area contributed by atoms with Gasteiger partial charge in [-0.15, -0.1) is 0 Å². The fraction of sp³-hybridized carbons (Fsp3) is 0.467. The molecule has 0 saturated heterocycles. The first-order chi connectivity index (χ1) is 9.61. The number of hydrogen-bond acceptors (Lipinski definition) is 3. The number of benzene rings is 1. The molecule has 20 heavy (non-hydrogen) atoms. The van der Waals surface area contributed by atoms with Gasteiger partial charge in [-0.25, -0.2) is 0 Å². The number of halogens is 1. The molecule has 0 saturated carbocycles. The molecule has 0 amide bonds. The number of hydrogen-bond donors (Lipinski definition) is 1. The Morgan fingerprint density at radius 3 is 2.40 bits per heavy atom. The standard InChI is InChI=1S/C15H19IO4/c16-15(19)12-8-5-6-9-13(12)20-11-7-3-1-2-4-10-14(17)18/h5-6,8-9H,1-4,7,10-11H2,(H,17,18). The molecule has 1 aromatic rings. The Hall–Kier alpha value is -1.11. The number of para-hydroxylation sites is 1. The van der Waals surface area contributed by atoms with Crippen LogP contribution in [0, 0.1) is 0 Å². The Kier molecular flexibility index (Phi) is 8.25. The zero-order valence-corrected chi connectivity index (χ0v) is 13.5. The molecule has 0 radical (unpaired) electrons. The minimum atomic E-state index is -0.728. The van der Waals surface area contributed by atoms with Crippen LogP contribution < -0.4 is 4.74 Å². The highest BCUT2D eigenvalue weighted by atomic mass is 127. The lowest BCUT2D eigenvalue weighted by Gasteiger charge is -2.08. The van der Waals surface area contributed by atoms with Gasteiger partial charge in [0.2, 0.25) is 3.79 Å². The van der Waals surface area contributed by atoms with Gasteiger partial charge in [-0.3, -0.25) is 9.59 Å². The van der Waals surface area contributed by atoms with Gasteiger partial charge in [0.15, 0.2) is 0 Å². The van der Waals surface area contributed by atoms with Crippen molar-refractivity contribution in [1.82, 2.24) is 0 Å². The molecule has 0 aliphatic carbocycles. The van der Waals surface area contributed by atoms with E-state index in [2.05, 4.69) is 0 Å². The van der Waals surface area contributed by atoms with Crippen LogP contribution in [0.25, 0.3) is 0 Å². The molecule has 0 atom stereocenters. The third-order valence-corrected chi connectivity index (χ3v) is 3.47. The summed E-state index contributed by atoms with van der Waals surface area (Å²) in [5.74, 6) is -0.0915. The first-order valence-corrected chi connectivity index (χ1v) is 7.82. The van der Waals surface area contributed by atoms with E-state index in [9.17, 15) is 9.59 Å². The highest BCUT2D eigenvalue weighted by molar-refractivity contribution is 14.1. The van der Waals surface area contributed by atoms with E-state index in [0.29, 0.717) is 17.9 Å². The predicted octanol–water partition coefficient (Wildman–Crippen LogP) is 4.07. The van der Waals surface area contributed by atoms with Crippen LogP contribution in [0.2, 0.25) is 0 Å². The molecular weight excluding hydrogens is 371 g/mol. The normalized spacial score (nSPS) is 10.2. The molecule has 0 aliphatic rings. The van der Waals surface area contributed by atoms with E-state index in [0.717, 1.165) is 32.1 Å². The number of carbonyl (C=O) groups is 2. The average Bonchev–Trinajstić information content (AvgIpc) is 2.41. The zero-order valence-electron chi connectivity index (χ0n) is 11.3. The maximum atomic E-state index is 11.4. The van der Waals surface area contributed by atoms with Crippen molar-refractivity contribution in [2.24, 2.45) is 0 Å². The number of rotatable bonds is 10. The minimum absolute atomic E-state index is 0.0214. The topological polar surface area (TPSA) is 63.6 Å². The number of unbranched alkanes of at least 4 members (excludes halogenated alkanes) is 4. The van der Waals surface area contributed by atoms with Crippen molar-refractivity contribution in [1.29, 1.82) is 0 Å². The van der Waals surface area contributed by atoms with Gasteiger partial charge < -0.3 is 9.84 Å². The van der Waals surface area contributed by atoms with E-state index in [1.165, 1.54) is 0 Å². The van der Waals surface area contributed by atoms with Crippen molar-refractivity contribution < 1.29 is 19.4 Å². The molecule has 0 unspecified atom stereocenters. The van der Waals surface area contributed by atoms with Gasteiger partial charge in [0.25, 0.3) is 0 Å². The molecule has 5 heteroatoms. The van der Waals surface area contributed by atoms with Crippen molar-refractivity contribution in [3.8, 4) is 5.75 Å². The summed E-state index contributed by atoms with van der Waals surface area (Å²) in [6.07, 6.45) is 4.87. The van der Waals surface area contributed by atoms with Crippen molar-refractivity contribution in [2.75, 3.05) is 6.61 Å². The van der Waals surface area contributed by atoms with Crippen LogP contribution >= 0.6 is 22.6 Å². The fourth-order valence-corrected chi connectivity index (χ4v) is 2.29. The van der Waals surface area contributed by atoms with E-state index in [1.807, 2.05) is 12.1 Å². The molecule has 4 nitrogen and oxygen atoms in total. The molecule has 1 N–H and O–H groups in total. The number of carboxylic acids is 1. The third-order valence-electron chi connectivity index (χ3n) is 2.89.